The maximum atomic E-state index is 14.5. The number of rotatable bonds is 63. The first-order valence-corrected chi connectivity index (χ1v) is 44.2. The largest absolute Gasteiger partial charge is 0.481 e. The Kier molecular flexibility index (Phi) is 53.3. The first-order chi connectivity index (χ1) is 60.4. The van der Waals surface area contributed by atoms with Gasteiger partial charge >= 0.3 is 5.97 Å². The minimum absolute atomic E-state index is 0.0205. The zero-order chi connectivity index (χ0) is 98.4. The lowest BCUT2D eigenvalue weighted by Gasteiger charge is -2.30. The van der Waals surface area contributed by atoms with Gasteiger partial charge in [0.1, 0.15) is 96.7 Å². The van der Waals surface area contributed by atoms with Gasteiger partial charge in [0.05, 0.1) is 25.8 Å². The third kappa shape index (κ3) is 43.4. The van der Waals surface area contributed by atoms with Gasteiger partial charge < -0.3 is 130 Å². The number of nitrogens with one attached hydrogen (secondary N) is 16. The van der Waals surface area contributed by atoms with Crippen molar-refractivity contribution in [2.45, 2.75) is 310 Å². The van der Waals surface area contributed by atoms with Crippen LogP contribution in [0, 0.1) is 41.4 Å². The molecule has 0 fully saturated rings. The molecule has 0 bridgehead atoms. The highest BCUT2D eigenvalue weighted by Crippen LogP contribution is 2.18. The van der Waals surface area contributed by atoms with E-state index in [0.29, 0.717) is 31.2 Å². The van der Waals surface area contributed by atoms with Gasteiger partial charge in [0, 0.05) is 6.42 Å². The predicted molar refractivity (Wildman–Crippen MR) is 477 cm³/mol. The Bertz CT molecular complexity index is 3910. The Morgan fingerprint density at radius 3 is 0.930 bits per heavy atom. The second-order valence-corrected chi connectivity index (χ2v) is 34.7. The number of carbonyl (C=O) groups excluding carboxylic acids is 19. The summed E-state index contributed by atoms with van der Waals surface area (Å²) in [5.74, 6) is -23.4. The van der Waals surface area contributed by atoms with Crippen LogP contribution in [0.2, 0.25) is 0 Å². The van der Waals surface area contributed by atoms with E-state index in [1.807, 2.05) is 0 Å². The molecule has 44 nitrogen and oxygen atoms in total. The summed E-state index contributed by atoms with van der Waals surface area (Å²) in [5.41, 5.74) is 40.4. The van der Waals surface area contributed by atoms with Gasteiger partial charge in [-0.1, -0.05) is 134 Å². The summed E-state index contributed by atoms with van der Waals surface area (Å²) < 4.78 is 0. The number of nitrogens with two attached hydrogens (primary N) is 7. The minimum atomic E-state index is -1.82. The van der Waals surface area contributed by atoms with Crippen LogP contribution in [0.25, 0.3) is 0 Å². The molecular weight excluding hydrogens is 1680 g/mol. The number of hydrogen-bond donors (Lipinski definition) is 24. The van der Waals surface area contributed by atoms with E-state index in [2.05, 4.69) is 85.1 Å². The van der Waals surface area contributed by atoms with Crippen LogP contribution in [0.15, 0.2) is 30.3 Å². The van der Waals surface area contributed by atoms with Crippen LogP contribution >= 0.6 is 0 Å². The number of aliphatic carboxylic acids is 1. The van der Waals surface area contributed by atoms with Gasteiger partial charge in [-0.05, 0) is 151 Å². The van der Waals surface area contributed by atoms with Crippen molar-refractivity contribution in [3.63, 3.8) is 0 Å². The first kappa shape index (κ1) is 115. The quantitative estimate of drug-likeness (QED) is 0.0271. The second kappa shape index (κ2) is 59.6. The Morgan fingerprint density at radius 1 is 0.302 bits per heavy atom. The van der Waals surface area contributed by atoms with Crippen LogP contribution in [-0.4, -0.2) is 246 Å². The Labute approximate surface area is 754 Å². The van der Waals surface area contributed by atoms with E-state index in [-0.39, 0.29) is 89.3 Å². The predicted octanol–water partition coefficient (Wildman–Crippen LogP) is -5.16. The Morgan fingerprint density at radius 2 is 0.574 bits per heavy atom. The zero-order valence-corrected chi connectivity index (χ0v) is 77.5. The maximum Gasteiger partial charge on any atom is 0.305 e. The van der Waals surface area contributed by atoms with E-state index in [4.69, 9.17) is 40.1 Å². The lowest BCUT2D eigenvalue weighted by Crippen LogP contribution is -2.62. The van der Waals surface area contributed by atoms with E-state index in [9.17, 15) is 101 Å². The highest BCUT2D eigenvalue weighted by molar-refractivity contribution is 6.02. The van der Waals surface area contributed by atoms with Crippen molar-refractivity contribution in [1.82, 2.24) is 85.1 Å². The van der Waals surface area contributed by atoms with Crippen LogP contribution < -0.4 is 125 Å². The fourth-order valence-electron chi connectivity index (χ4n) is 13.3. The molecule has 1 aromatic carbocycles. The number of primary amides is 3. The van der Waals surface area contributed by atoms with Crippen molar-refractivity contribution in [1.29, 1.82) is 0 Å². The molecule has 19 amide bonds. The molecule has 31 N–H and O–H groups in total. The Hall–Kier alpha value is -11.5. The van der Waals surface area contributed by atoms with E-state index in [1.54, 1.807) is 99.6 Å². The number of amides is 19. The average molecular weight is 1830 g/mol. The minimum Gasteiger partial charge on any atom is -0.481 e. The molecule has 0 saturated carbocycles. The SMILES string of the molecule is CC[C@H](C)[C@H](NC(=O)[C@@H](NC(=O)CN)C(C)C)C(=O)N[C@@H](CC(=O)O)C(=O)N[C@@H](C)C(=O)N[C@@H](C)C(=O)N[C@@H](CCCCN)C(=O)N[C@@H](CCCCN)C(=O)N[C@H](C(=O)N[C@H](C(=O)N[C@@H](CC(N)=O)C(=O)N[C@H](C(=O)N[C@@H](CC(C)C)C(=O)N[C@@H](CCCCN)C(=O)N[C@@H](CC(N)=O)C(=O)N[C@@H](CC(C)C)C(=O)N[C@@H](Cc1ccccc1)C(N)=O)C(C)C)C(C)C)C(C)C. The van der Waals surface area contributed by atoms with E-state index in [1.165, 1.54) is 41.5 Å². The van der Waals surface area contributed by atoms with Crippen molar-refractivity contribution < 1.29 is 101 Å². The first-order valence-electron chi connectivity index (χ1n) is 44.2. The van der Waals surface area contributed by atoms with Crippen LogP contribution in [0.4, 0.5) is 0 Å². The van der Waals surface area contributed by atoms with Crippen LogP contribution in [0.5, 0.6) is 0 Å². The summed E-state index contributed by atoms with van der Waals surface area (Å²) in [7, 11) is 0. The number of hydrogen-bond acceptors (Lipinski definition) is 24. The monoisotopic (exact) mass is 1830 g/mol. The summed E-state index contributed by atoms with van der Waals surface area (Å²) in [6.45, 7) is 25.4. The Balaban J connectivity index is 3.55. The molecule has 17 atom stereocenters. The standard InChI is InChI=1S/C85H147N23O21/c1-17-48(14)69(108-83(127)65(44(6)7)104-63(111)41-89)85(129)103-60(40-64(112)113)76(120)94-49(15)71(115)93-50(16)72(116)95-52(29-21-24-32-86)73(117)96-54(31-23-26-34-88)75(119)105-68(47(12)13)84(128)107-67(46(10)11)82(126)102-59(39-62(91)110)80(124)106-66(45(8)9)81(125)101-57(36-43(4)5)77(121)97-53(30-22-25-33-87)74(118)100-58(38-61(90)109)79(123)99-56(35-42(2)3)78(122)98-55(70(92)114)37-51-27-19-18-20-28-51/h18-20,27-28,42-50,52-60,65-69H,17,21-26,29-41,86-89H2,1-16H3,(H2,90,109)(H2,91,110)(H2,92,114)(H,93,115)(H,94,120)(H,95,116)(H,96,117)(H,97,121)(H,98,122)(H,99,123)(H,100,118)(H,101,125)(H,102,126)(H,103,129)(H,104,111)(H,105,119)(H,106,124)(H,107,128)(H,108,127)(H,112,113)/t48-,49-,50-,52-,53-,54-,55-,56-,57-,58-,59-,60-,65-,66-,67-,68-,69-/m0/s1. The smallest absolute Gasteiger partial charge is 0.305 e. The van der Waals surface area contributed by atoms with Gasteiger partial charge in [-0.2, -0.15) is 0 Å². The van der Waals surface area contributed by atoms with Crippen molar-refractivity contribution in [3.05, 3.63) is 35.9 Å². The fourth-order valence-corrected chi connectivity index (χ4v) is 13.3. The maximum absolute atomic E-state index is 14.5. The molecule has 0 radical (unpaired) electrons. The van der Waals surface area contributed by atoms with Crippen molar-refractivity contribution in [3.8, 4) is 0 Å². The van der Waals surface area contributed by atoms with Gasteiger partial charge in [0.25, 0.3) is 0 Å². The molecule has 129 heavy (non-hydrogen) atoms. The topological polar surface area (TPSA) is 736 Å². The summed E-state index contributed by atoms with van der Waals surface area (Å²) in [4.78, 5) is 274. The number of unbranched alkanes of at least 4 members (excludes halogenated alkanes) is 3. The molecular formula is C85H147N23O21. The fraction of sp³-hybridized carbons (Fsp3) is 0.694. The molecule has 0 aliphatic heterocycles. The van der Waals surface area contributed by atoms with Crippen LogP contribution in [0.1, 0.15) is 213 Å². The molecule has 0 unspecified atom stereocenters. The lowest BCUT2D eigenvalue weighted by molar-refractivity contribution is -0.142. The highest BCUT2D eigenvalue weighted by atomic mass is 16.4. The van der Waals surface area contributed by atoms with Crippen LogP contribution in [0.3, 0.4) is 0 Å². The summed E-state index contributed by atoms with van der Waals surface area (Å²) in [5, 5.41) is 50.4. The van der Waals surface area contributed by atoms with E-state index in [0.717, 1.165) is 0 Å². The number of carboxylic acids is 1. The summed E-state index contributed by atoms with van der Waals surface area (Å²) >= 11 is 0. The molecule has 0 aromatic heterocycles. The van der Waals surface area contributed by atoms with Gasteiger partial charge in [-0.25, -0.2) is 0 Å². The second-order valence-electron chi connectivity index (χ2n) is 34.7. The molecule has 1 rings (SSSR count). The normalized spacial score (nSPS) is 15.3. The van der Waals surface area contributed by atoms with Gasteiger partial charge in [-0.3, -0.25) is 95.9 Å². The summed E-state index contributed by atoms with van der Waals surface area (Å²) in [6.07, 6.45) is -0.719. The molecule has 0 spiro atoms. The molecule has 1 aromatic rings. The number of benzene rings is 1. The van der Waals surface area contributed by atoms with Crippen molar-refractivity contribution >= 4 is 118 Å². The molecule has 0 heterocycles. The molecule has 0 aliphatic rings. The molecule has 728 valence electrons. The lowest BCUT2D eigenvalue weighted by atomic mass is 9.96. The van der Waals surface area contributed by atoms with Gasteiger partial charge in [0.2, 0.25) is 112 Å². The molecule has 0 saturated heterocycles. The van der Waals surface area contributed by atoms with Crippen LogP contribution in [-0.2, 0) is 102 Å². The van der Waals surface area contributed by atoms with Gasteiger partial charge in [0.15, 0.2) is 0 Å². The van der Waals surface area contributed by atoms with Gasteiger partial charge in [-0.15, -0.1) is 0 Å². The summed E-state index contributed by atoms with van der Waals surface area (Å²) in [6, 6.07) is -14.8. The van der Waals surface area contributed by atoms with E-state index < -0.39 is 270 Å². The number of carboxylic acid groups (broad SMARTS) is 1. The van der Waals surface area contributed by atoms with Crippen molar-refractivity contribution in [2.24, 2.45) is 81.6 Å². The third-order valence-electron chi connectivity index (χ3n) is 20.9. The highest BCUT2D eigenvalue weighted by Gasteiger charge is 2.41. The molecule has 0 aliphatic carbocycles. The number of carbonyl (C=O) groups is 20. The third-order valence-corrected chi connectivity index (χ3v) is 20.9. The average Bonchev–Trinajstić information content (AvgIpc) is 0.862. The van der Waals surface area contributed by atoms with Crippen molar-refractivity contribution in [2.75, 3.05) is 26.2 Å². The van der Waals surface area contributed by atoms with E-state index >= 15 is 0 Å². The molecule has 44 heteroatoms. The zero-order valence-electron chi connectivity index (χ0n) is 77.5.